The van der Waals surface area contributed by atoms with Gasteiger partial charge in [-0.15, -0.1) is 0 Å². The molecule has 1 unspecified atom stereocenters. The van der Waals surface area contributed by atoms with Crippen molar-refractivity contribution in [1.82, 2.24) is 19.8 Å². The standard InChI is InChI=1S/C30H40N6O3/c1-4-5-14-38-23-15-22-8-6-7-9-24(22)27(16-23)36-13-11-25-26(18-36)32-30(33-29(25)31)39-20-21-10-12-35(17-21)19-28(37)34(2)3/h6-9,15-16,21H,4-5,10-14,17-20H2,1-3H3,(H2,31,32,33). The second-order valence-corrected chi connectivity index (χ2v) is 10.8. The Hall–Kier alpha value is -3.59. The highest BCUT2D eigenvalue weighted by Gasteiger charge is 2.27. The molecule has 9 heteroatoms. The Morgan fingerprint density at radius 1 is 1.15 bits per heavy atom. The Labute approximate surface area is 230 Å². The number of unbranched alkanes of at least 4 members (excludes halogenated alkanes) is 1. The lowest BCUT2D eigenvalue weighted by Crippen LogP contribution is -2.35. The minimum atomic E-state index is 0.123. The number of carbonyl (C=O) groups is 1. The van der Waals surface area contributed by atoms with Crippen LogP contribution >= 0.6 is 0 Å². The fourth-order valence-electron chi connectivity index (χ4n) is 5.37. The van der Waals surface area contributed by atoms with Gasteiger partial charge in [-0.05, 0) is 37.3 Å². The van der Waals surface area contributed by atoms with Crippen molar-refractivity contribution in [2.24, 2.45) is 5.92 Å². The number of hydrogen-bond donors (Lipinski definition) is 1. The number of fused-ring (bicyclic) bond motifs is 2. The van der Waals surface area contributed by atoms with Gasteiger partial charge in [0.2, 0.25) is 5.91 Å². The van der Waals surface area contributed by atoms with E-state index in [2.05, 4.69) is 58.1 Å². The van der Waals surface area contributed by atoms with E-state index in [1.165, 1.54) is 5.39 Å². The van der Waals surface area contributed by atoms with Crippen LogP contribution in [0.25, 0.3) is 10.8 Å². The van der Waals surface area contributed by atoms with Gasteiger partial charge in [0.05, 0.1) is 32.0 Å². The smallest absolute Gasteiger partial charge is 0.318 e. The number of carbonyl (C=O) groups excluding carboxylic acids is 1. The molecular formula is C30H40N6O3. The topological polar surface area (TPSA) is 97.0 Å². The summed E-state index contributed by atoms with van der Waals surface area (Å²) in [6, 6.07) is 13.0. The highest BCUT2D eigenvalue weighted by Crippen LogP contribution is 2.35. The van der Waals surface area contributed by atoms with Crippen molar-refractivity contribution in [2.75, 3.05) is 64.1 Å². The Morgan fingerprint density at radius 2 is 2.00 bits per heavy atom. The lowest BCUT2D eigenvalue weighted by molar-refractivity contribution is -0.129. The first kappa shape index (κ1) is 27.0. The minimum Gasteiger partial charge on any atom is -0.493 e. The first-order chi connectivity index (χ1) is 18.9. The molecule has 2 aliphatic heterocycles. The van der Waals surface area contributed by atoms with E-state index in [1.54, 1.807) is 19.0 Å². The SMILES string of the molecule is CCCCOc1cc(N2CCc3c(N)nc(OCC4CCN(CC(=O)N(C)C)C4)nc3C2)c2ccccc2c1. The van der Waals surface area contributed by atoms with Gasteiger partial charge in [0.1, 0.15) is 11.6 Å². The molecule has 0 saturated carbocycles. The van der Waals surface area contributed by atoms with Crippen LogP contribution in [-0.4, -0.2) is 79.2 Å². The van der Waals surface area contributed by atoms with Gasteiger partial charge in [-0.3, -0.25) is 9.69 Å². The number of hydrogen-bond acceptors (Lipinski definition) is 8. The van der Waals surface area contributed by atoms with E-state index in [-0.39, 0.29) is 5.91 Å². The maximum Gasteiger partial charge on any atom is 0.318 e. The van der Waals surface area contributed by atoms with Crippen LogP contribution in [0, 0.1) is 5.92 Å². The molecule has 208 valence electrons. The van der Waals surface area contributed by atoms with Gasteiger partial charge in [-0.2, -0.15) is 9.97 Å². The van der Waals surface area contributed by atoms with Crippen LogP contribution in [0.2, 0.25) is 0 Å². The molecule has 1 aromatic heterocycles. The molecule has 2 aliphatic rings. The number of benzene rings is 2. The van der Waals surface area contributed by atoms with Crippen molar-refractivity contribution in [3.05, 3.63) is 47.7 Å². The summed E-state index contributed by atoms with van der Waals surface area (Å²) in [4.78, 5) is 27.5. The van der Waals surface area contributed by atoms with Crippen LogP contribution in [0.5, 0.6) is 11.8 Å². The largest absolute Gasteiger partial charge is 0.493 e. The fraction of sp³-hybridized carbons (Fsp3) is 0.500. The molecule has 3 aromatic rings. The van der Waals surface area contributed by atoms with Gasteiger partial charge >= 0.3 is 6.01 Å². The van der Waals surface area contributed by atoms with Crippen molar-refractivity contribution in [1.29, 1.82) is 0 Å². The Morgan fingerprint density at radius 3 is 2.82 bits per heavy atom. The number of nitrogens with zero attached hydrogens (tertiary/aromatic N) is 5. The van der Waals surface area contributed by atoms with E-state index in [1.807, 2.05) is 0 Å². The van der Waals surface area contributed by atoms with Crippen molar-refractivity contribution in [3.63, 3.8) is 0 Å². The first-order valence-electron chi connectivity index (χ1n) is 14.0. The van der Waals surface area contributed by atoms with Crippen molar-refractivity contribution in [2.45, 2.75) is 39.2 Å². The lowest BCUT2D eigenvalue weighted by Gasteiger charge is -2.31. The average molecular weight is 533 g/mol. The quantitative estimate of drug-likeness (QED) is 0.395. The van der Waals surface area contributed by atoms with Crippen LogP contribution in [0.4, 0.5) is 11.5 Å². The van der Waals surface area contributed by atoms with Gasteiger partial charge in [0.15, 0.2) is 0 Å². The van der Waals surface area contributed by atoms with Crippen molar-refractivity contribution >= 4 is 28.2 Å². The van der Waals surface area contributed by atoms with E-state index < -0.39 is 0 Å². The number of aromatic nitrogens is 2. The van der Waals surface area contributed by atoms with E-state index in [4.69, 9.17) is 20.2 Å². The molecule has 3 heterocycles. The molecule has 39 heavy (non-hydrogen) atoms. The fourth-order valence-corrected chi connectivity index (χ4v) is 5.37. The van der Waals surface area contributed by atoms with Crippen molar-refractivity contribution < 1.29 is 14.3 Å². The van der Waals surface area contributed by atoms with Gasteiger partial charge in [0, 0.05) is 55.8 Å². The zero-order valence-corrected chi connectivity index (χ0v) is 23.4. The molecule has 0 radical (unpaired) electrons. The molecule has 1 atom stereocenters. The maximum atomic E-state index is 12.0. The molecule has 2 N–H and O–H groups in total. The van der Waals surface area contributed by atoms with Gasteiger partial charge in [0.25, 0.3) is 0 Å². The number of rotatable bonds is 10. The zero-order valence-electron chi connectivity index (χ0n) is 23.4. The molecule has 5 rings (SSSR count). The summed E-state index contributed by atoms with van der Waals surface area (Å²) in [5.41, 5.74) is 9.44. The Bertz CT molecular complexity index is 1310. The Balaban J connectivity index is 1.29. The summed E-state index contributed by atoms with van der Waals surface area (Å²) < 4.78 is 12.2. The second-order valence-electron chi connectivity index (χ2n) is 10.8. The number of likely N-dealkylation sites (tertiary alicyclic amines) is 1. The monoisotopic (exact) mass is 532 g/mol. The second kappa shape index (κ2) is 12.1. The molecule has 2 aromatic carbocycles. The van der Waals surface area contributed by atoms with Gasteiger partial charge < -0.3 is 25.0 Å². The molecule has 1 fully saturated rings. The number of amides is 1. The molecule has 1 saturated heterocycles. The van der Waals surface area contributed by atoms with Crippen LogP contribution in [-0.2, 0) is 17.8 Å². The number of anilines is 2. The highest BCUT2D eigenvalue weighted by molar-refractivity contribution is 5.95. The summed E-state index contributed by atoms with van der Waals surface area (Å²) in [7, 11) is 3.58. The van der Waals surface area contributed by atoms with Crippen LogP contribution in [0.3, 0.4) is 0 Å². The van der Waals surface area contributed by atoms with Crippen molar-refractivity contribution in [3.8, 4) is 11.8 Å². The van der Waals surface area contributed by atoms with Crippen LogP contribution in [0.1, 0.15) is 37.4 Å². The maximum absolute atomic E-state index is 12.0. The summed E-state index contributed by atoms with van der Waals surface area (Å²) in [6.07, 6.45) is 3.89. The molecule has 1 amide bonds. The molecule has 0 aliphatic carbocycles. The normalized spacial score (nSPS) is 17.3. The molecular weight excluding hydrogens is 492 g/mol. The predicted octanol–water partition coefficient (Wildman–Crippen LogP) is 3.74. The molecule has 0 spiro atoms. The van der Waals surface area contributed by atoms with E-state index in [0.29, 0.717) is 44.0 Å². The summed E-state index contributed by atoms with van der Waals surface area (Å²) in [5.74, 6) is 1.85. The number of nitrogen functional groups attached to an aromatic ring is 1. The summed E-state index contributed by atoms with van der Waals surface area (Å²) >= 11 is 0. The minimum absolute atomic E-state index is 0.123. The van der Waals surface area contributed by atoms with Gasteiger partial charge in [-0.1, -0.05) is 37.6 Å². The molecule has 9 nitrogen and oxygen atoms in total. The van der Waals surface area contributed by atoms with Crippen LogP contribution < -0.4 is 20.1 Å². The number of ether oxygens (including phenoxy) is 2. The van der Waals surface area contributed by atoms with E-state index >= 15 is 0 Å². The zero-order chi connectivity index (χ0) is 27.4. The average Bonchev–Trinajstić information content (AvgIpc) is 3.38. The third kappa shape index (κ3) is 6.36. The third-order valence-electron chi connectivity index (χ3n) is 7.67. The number of likely N-dealkylation sites (N-methyl/N-ethyl adjacent to an activating group) is 1. The lowest BCUT2D eigenvalue weighted by atomic mass is 10.0. The van der Waals surface area contributed by atoms with E-state index in [9.17, 15) is 4.79 Å². The molecule has 0 bridgehead atoms. The Kier molecular flexibility index (Phi) is 8.35. The van der Waals surface area contributed by atoms with Crippen LogP contribution in [0.15, 0.2) is 36.4 Å². The van der Waals surface area contributed by atoms with E-state index in [0.717, 1.165) is 73.4 Å². The summed E-state index contributed by atoms with van der Waals surface area (Å²) in [6.45, 7) is 7.02. The third-order valence-corrected chi connectivity index (χ3v) is 7.67. The predicted molar refractivity (Wildman–Crippen MR) is 154 cm³/mol. The highest BCUT2D eigenvalue weighted by atomic mass is 16.5. The summed E-state index contributed by atoms with van der Waals surface area (Å²) in [5, 5.41) is 2.36. The van der Waals surface area contributed by atoms with Gasteiger partial charge in [-0.25, -0.2) is 0 Å². The number of nitrogens with two attached hydrogens (primary N) is 1. The first-order valence-corrected chi connectivity index (χ1v) is 14.0.